The van der Waals surface area contributed by atoms with Gasteiger partial charge in [0.15, 0.2) is 5.82 Å². The van der Waals surface area contributed by atoms with E-state index in [4.69, 9.17) is 9.97 Å². The van der Waals surface area contributed by atoms with Crippen LogP contribution in [0.4, 0.5) is 0 Å². The van der Waals surface area contributed by atoms with Crippen molar-refractivity contribution in [2.75, 3.05) is 0 Å². The molecule has 0 aliphatic rings. The smallest absolute Gasteiger partial charge is 0.160 e. The number of aromatic nitrogens is 5. The summed E-state index contributed by atoms with van der Waals surface area (Å²) in [6.07, 6.45) is 0. The summed E-state index contributed by atoms with van der Waals surface area (Å²) in [5, 5.41) is 7.30. The summed E-state index contributed by atoms with van der Waals surface area (Å²) >= 11 is 0. The minimum atomic E-state index is 0.642. The first kappa shape index (κ1) is 47.1. The molecule has 0 N–H and O–H groups in total. The molecule has 0 saturated heterocycles. The highest BCUT2D eigenvalue weighted by Gasteiger charge is 2.25. The van der Waals surface area contributed by atoms with Crippen LogP contribution in [0.5, 0.6) is 0 Å². The average Bonchev–Trinajstić information content (AvgIpc) is 3.48. The quantitative estimate of drug-likeness (QED) is 0.145. The summed E-state index contributed by atoms with van der Waals surface area (Å²) in [5.41, 5.74) is 22.7. The molecule has 5 heteroatoms. The van der Waals surface area contributed by atoms with Gasteiger partial charge in [-0.2, -0.15) is 0 Å². The fraction of sp³-hybridized carbons (Fsp3) is 0.0130. The van der Waals surface area contributed by atoms with Crippen LogP contribution in [-0.4, -0.2) is 23.7 Å². The molecule has 16 rings (SSSR count). The van der Waals surface area contributed by atoms with E-state index in [-0.39, 0.29) is 0 Å². The normalized spacial score (nSPS) is 11.7. The van der Waals surface area contributed by atoms with Crippen LogP contribution in [0.25, 0.3) is 150 Å². The third-order valence-corrected chi connectivity index (χ3v) is 16.6. The predicted octanol–water partition coefficient (Wildman–Crippen LogP) is 20.1. The van der Waals surface area contributed by atoms with E-state index >= 15 is 0 Å². The Kier molecular flexibility index (Phi) is 11.0. The van der Waals surface area contributed by atoms with Crippen molar-refractivity contribution in [1.82, 2.24) is 23.7 Å². The molecular weight excluding hydrogens is 995 g/mol. The molecule has 384 valence electrons. The second-order valence-electron chi connectivity index (χ2n) is 21.3. The van der Waals surface area contributed by atoms with E-state index in [1.807, 2.05) is 0 Å². The second kappa shape index (κ2) is 19.2. The van der Waals surface area contributed by atoms with E-state index in [1.165, 1.54) is 71.1 Å². The summed E-state index contributed by atoms with van der Waals surface area (Å²) in [7, 11) is 0. The van der Waals surface area contributed by atoms with Crippen LogP contribution in [0, 0.1) is 6.92 Å². The lowest BCUT2D eigenvalue weighted by molar-refractivity contribution is 1.16. The van der Waals surface area contributed by atoms with Crippen LogP contribution in [0.1, 0.15) is 5.56 Å². The first-order chi connectivity index (χ1) is 40.6. The van der Waals surface area contributed by atoms with Gasteiger partial charge < -0.3 is 13.7 Å². The molecule has 16 aromatic rings. The highest BCUT2D eigenvalue weighted by molar-refractivity contribution is 6.13. The highest BCUT2D eigenvalue weighted by atomic mass is 15.0. The zero-order chi connectivity index (χ0) is 54.3. The van der Waals surface area contributed by atoms with Crippen molar-refractivity contribution in [2.24, 2.45) is 0 Å². The standard InChI is InChI=1S/C77H51N5/c1-50-20-8-9-25-59(50)55-40-45-75-67(46-55)64-30-14-19-35-74(64)82(75)76-65(51-36-41-57(42-37-51)80-70-31-15-10-26-60(70)61-27-11-16-32-71(61)80)47-56(77-78-68(53-21-4-2-5-22-53)49-69(79-77)54-23-6-3-7-24-54)48-66(76)52-38-43-58(44-39-52)81-72-33-17-12-28-62(72)63-29-13-18-34-73(63)81/h2-49H,1H3. The van der Waals surface area contributed by atoms with Crippen molar-refractivity contribution in [3.05, 3.63) is 297 Å². The first-order valence-corrected chi connectivity index (χ1v) is 28.1. The molecule has 0 spiro atoms. The van der Waals surface area contributed by atoms with Gasteiger partial charge in [0.05, 0.1) is 50.2 Å². The Morgan fingerprint density at radius 2 is 0.610 bits per heavy atom. The first-order valence-electron chi connectivity index (χ1n) is 28.1. The van der Waals surface area contributed by atoms with E-state index in [1.54, 1.807) is 0 Å². The van der Waals surface area contributed by atoms with Gasteiger partial charge >= 0.3 is 0 Å². The van der Waals surface area contributed by atoms with Gasteiger partial charge in [0.2, 0.25) is 0 Å². The largest absolute Gasteiger partial charge is 0.309 e. The molecule has 0 bridgehead atoms. The highest BCUT2D eigenvalue weighted by Crippen LogP contribution is 2.46. The molecule has 0 aliphatic carbocycles. The van der Waals surface area contributed by atoms with Crippen LogP contribution in [-0.2, 0) is 0 Å². The van der Waals surface area contributed by atoms with E-state index in [0.29, 0.717) is 5.82 Å². The zero-order valence-electron chi connectivity index (χ0n) is 44.9. The lowest BCUT2D eigenvalue weighted by Crippen LogP contribution is -2.03. The SMILES string of the molecule is Cc1ccccc1-c1ccc2c(c1)c1ccccc1n2-c1c(-c2ccc(-n3c4ccccc4c4ccccc43)cc2)cc(-c2nc(-c3ccccc3)cc(-c3ccccc3)n2)cc1-c1ccc(-n2c3ccccc3c3ccccc32)cc1. The Labute approximate surface area is 474 Å². The van der Waals surface area contributed by atoms with Crippen LogP contribution in [0.15, 0.2) is 291 Å². The topological polar surface area (TPSA) is 40.6 Å². The molecule has 4 heterocycles. The Bertz CT molecular complexity index is 4800. The molecule has 12 aromatic carbocycles. The molecule has 0 radical (unpaired) electrons. The molecule has 0 fully saturated rings. The third-order valence-electron chi connectivity index (χ3n) is 16.6. The van der Waals surface area contributed by atoms with Crippen LogP contribution in [0.2, 0.25) is 0 Å². The number of rotatable bonds is 9. The van der Waals surface area contributed by atoms with E-state index < -0.39 is 0 Å². The number of aryl methyl sites for hydroxylation is 1. The van der Waals surface area contributed by atoms with Gasteiger partial charge in [-0.15, -0.1) is 0 Å². The van der Waals surface area contributed by atoms with Gasteiger partial charge in [-0.05, 0) is 120 Å². The molecule has 0 amide bonds. The predicted molar refractivity (Wildman–Crippen MR) is 342 cm³/mol. The minimum Gasteiger partial charge on any atom is -0.309 e. The maximum atomic E-state index is 5.49. The second-order valence-corrected chi connectivity index (χ2v) is 21.3. The number of hydrogen-bond donors (Lipinski definition) is 0. The van der Waals surface area contributed by atoms with Gasteiger partial charge in [-0.1, -0.05) is 206 Å². The Balaban J connectivity index is 0.995. The van der Waals surface area contributed by atoms with Gasteiger partial charge in [0, 0.05) is 71.5 Å². The molecule has 82 heavy (non-hydrogen) atoms. The van der Waals surface area contributed by atoms with E-state index in [0.717, 1.165) is 78.4 Å². The molecule has 0 saturated carbocycles. The molecule has 0 aliphatic heterocycles. The van der Waals surface area contributed by atoms with Crippen LogP contribution < -0.4 is 0 Å². The monoisotopic (exact) mass is 1050 g/mol. The summed E-state index contributed by atoms with van der Waals surface area (Å²) in [6.45, 7) is 2.20. The van der Waals surface area contributed by atoms with Crippen molar-refractivity contribution in [3.63, 3.8) is 0 Å². The van der Waals surface area contributed by atoms with Crippen molar-refractivity contribution in [2.45, 2.75) is 6.92 Å². The van der Waals surface area contributed by atoms with Gasteiger partial charge in [-0.3, -0.25) is 0 Å². The van der Waals surface area contributed by atoms with Gasteiger partial charge in [-0.25, -0.2) is 9.97 Å². The number of benzene rings is 12. The molecule has 0 atom stereocenters. The Hall–Kier alpha value is -10.9. The summed E-state index contributed by atoms with van der Waals surface area (Å²) in [5.74, 6) is 0.642. The summed E-state index contributed by atoms with van der Waals surface area (Å²) in [4.78, 5) is 11.0. The number of nitrogens with zero attached hydrogens (tertiary/aromatic N) is 5. The van der Waals surface area contributed by atoms with Gasteiger partial charge in [0.25, 0.3) is 0 Å². The lowest BCUT2D eigenvalue weighted by Gasteiger charge is -2.22. The van der Waals surface area contributed by atoms with E-state index in [2.05, 4.69) is 312 Å². The maximum absolute atomic E-state index is 5.49. The molecule has 4 aromatic heterocycles. The maximum Gasteiger partial charge on any atom is 0.160 e. The average molecular weight is 1050 g/mol. The van der Waals surface area contributed by atoms with Crippen molar-refractivity contribution in [3.8, 4) is 84.3 Å². The Morgan fingerprint density at radius 1 is 0.244 bits per heavy atom. The molecule has 5 nitrogen and oxygen atoms in total. The van der Waals surface area contributed by atoms with Crippen LogP contribution >= 0.6 is 0 Å². The van der Waals surface area contributed by atoms with Crippen molar-refractivity contribution in [1.29, 1.82) is 0 Å². The van der Waals surface area contributed by atoms with Gasteiger partial charge in [0.1, 0.15) is 0 Å². The molecular formula is C77H51N5. The van der Waals surface area contributed by atoms with Crippen molar-refractivity contribution >= 4 is 65.4 Å². The summed E-state index contributed by atoms with van der Waals surface area (Å²) in [6, 6.07) is 106. The lowest BCUT2D eigenvalue weighted by atomic mass is 9.92. The minimum absolute atomic E-state index is 0.642. The number of hydrogen-bond acceptors (Lipinski definition) is 2. The number of fused-ring (bicyclic) bond motifs is 9. The van der Waals surface area contributed by atoms with E-state index in [9.17, 15) is 0 Å². The third kappa shape index (κ3) is 7.70. The van der Waals surface area contributed by atoms with Crippen molar-refractivity contribution < 1.29 is 0 Å². The number of para-hydroxylation sites is 5. The Morgan fingerprint density at radius 3 is 1.06 bits per heavy atom. The fourth-order valence-corrected chi connectivity index (χ4v) is 12.8. The fourth-order valence-electron chi connectivity index (χ4n) is 12.8. The zero-order valence-corrected chi connectivity index (χ0v) is 44.9. The summed E-state index contributed by atoms with van der Waals surface area (Å²) < 4.78 is 7.30. The van der Waals surface area contributed by atoms with Crippen LogP contribution in [0.3, 0.4) is 0 Å². The molecule has 0 unspecified atom stereocenters.